The molecule has 4 rings (SSSR count). The highest BCUT2D eigenvalue weighted by Gasteiger charge is 2.16. The zero-order chi connectivity index (χ0) is 19.8. The Labute approximate surface area is 173 Å². The molecule has 0 fully saturated rings. The molecule has 4 aromatic rings. The van der Waals surface area contributed by atoms with Gasteiger partial charge in [0.25, 0.3) is 0 Å². The van der Waals surface area contributed by atoms with Gasteiger partial charge in [-0.15, -0.1) is 0 Å². The van der Waals surface area contributed by atoms with Crippen LogP contribution in [-0.2, 0) is 6.54 Å². The smallest absolute Gasteiger partial charge is 0.203 e. The van der Waals surface area contributed by atoms with Gasteiger partial charge in [0, 0.05) is 17.1 Å². The highest BCUT2D eigenvalue weighted by atomic mass is 35.5. The third-order valence-corrected chi connectivity index (χ3v) is 5.36. The molecule has 2 aromatic heterocycles. The topological polar surface area (TPSA) is 56.7 Å². The fraction of sp³-hybridized carbons (Fsp3) is 0.136. The normalized spacial score (nSPS) is 11.1. The Kier molecular flexibility index (Phi) is 4.87. The molecule has 0 amide bonds. The Balaban J connectivity index is 2.08. The maximum Gasteiger partial charge on any atom is 0.203 e. The highest BCUT2D eigenvalue weighted by Crippen LogP contribution is 2.35. The van der Waals surface area contributed by atoms with E-state index in [0.717, 1.165) is 27.8 Å². The molecule has 2 aromatic carbocycles. The van der Waals surface area contributed by atoms with Gasteiger partial charge in [-0.25, -0.2) is 4.98 Å². The molecule has 0 unspecified atom stereocenters. The maximum atomic E-state index is 6.50. The molecule has 4 nitrogen and oxygen atoms in total. The van der Waals surface area contributed by atoms with Crippen LogP contribution in [0.3, 0.4) is 0 Å². The number of pyridine rings is 1. The molecule has 140 valence electrons. The number of nitrogen functional groups attached to an aromatic ring is 1. The van der Waals surface area contributed by atoms with Crippen LogP contribution in [0, 0.1) is 11.7 Å². The molecule has 2 N–H and O–H groups in total. The van der Waals surface area contributed by atoms with Crippen molar-refractivity contribution in [1.82, 2.24) is 14.5 Å². The van der Waals surface area contributed by atoms with Crippen LogP contribution in [0.4, 0.5) is 5.82 Å². The molecule has 28 heavy (non-hydrogen) atoms. The van der Waals surface area contributed by atoms with Crippen LogP contribution in [-0.4, -0.2) is 14.5 Å². The van der Waals surface area contributed by atoms with Gasteiger partial charge in [-0.1, -0.05) is 53.6 Å². The average Bonchev–Trinajstić information content (AvgIpc) is 2.68. The summed E-state index contributed by atoms with van der Waals surface area (Å²) in [7, 11) is 0. The van der Waals surface area contributed by atoms with Gasteiger partial charge in [0.2, 0.25) is 4.77 Å². The molecule has 0 aliphatic rings. The van der Waals surface area contributed by atoms with E-state index in [2.05, 4.69) is 42.2 Å². The summed E-state index contributed by atoms with van der Waals surface area (Å²) < 4.78 is 2.26. The summed E-state index contributed by atoms with van der Waals surface area (Å²) in [6.45, 7) is 4.70. The quantitative estimate of drug-likeness (QED) is 0.420. The molecule has 2 heterocycles. The minimum Gasteiger partial charge on any atom is -0.384 e. The third-order valence-electron chi connectivity index (χ3n) is 4.80. The summed E-state index contributed by atoms with van der Waals surface area (Å²) in [5, 5.41) is 1.48. The predicted octanol–water partition coefficient (Wildman–Crippen LogP) is 6.06. The van der Waals surface area contributed by atoms with Gasteiger partial charge < -0.3 is 10.3 Å². The molecule has 0 saturated heterocycles. The SMILES string of the molecule is CCn1c(N)c2c(-c3ccc(Cl)cc3)cc(-c3ccc(C)cc3)nc2nc1=S. The number of halogens is 1. The summed E-state index contributed by atoms with van der Waals surface area (Å²) in [4.78, 5) is 9.35. The molecular formula is C22H19ClN4S. The molecule has 0 radical (unpaired) electrons. The number of nitrogens with zero attached hydrogens (tertiary/aromatic N) is 3. The molecule has 0 aliphatic carbocycles. The van der Waals surface area contributed by atoms with Crippen molar-refractivity contribution in [2.24, 2.45) is 0 Å². The molecule has 0 spiro atoms. The highest BCUT2D eigenvalue weighted by molar-refractivity contribution is 7.71. The summed E-state index contributed by atoms with van der Waals surface area (Å²) in [6, 6.07) is 18.0. The van der Waals surface area contributed by atoms with Crippen LogP contribution in [0.5, 0.6) is 0 Å². The first kappa shape index (κ1) is 18.6. The van der Waals surface area contributed by atoms with E-state index in [-0.39, 0.29) is 0 Å². The van der Waals surface area contributed by atoms with Gasteiger partial charge in [-0.05, 0) is 55.4 Å². The summed E-state index contributed by atoms with van der Waals surface area (Å²) in [5.41, 5.74) is 12.0. The molecule has 0 aliphatic heterocycles. The number of benzene rings is 2. The van der Waals surface area contributed by atoms with E-state index in [9.17, 15) is 0 Å². The van der Waals surface area contributed by atoms with E-state index in [1.165, 1.54) is 5.56 Å². The predicted molar refractivity (Wildman–Crippen MR) is 119 cm³/mol. The lowest BCUT2D eigenvalue weighted by molar-refractivity contribution is 0.740. The summed E-state index contributed by atoms with van der Waals surface area (Å²) in [6.07, 6.45) is 0. The van der Waals surface area contributed by atoms with Crippen LogP contribution >= 0.6 is 23.8 Å². The monoisotopic (exact) mass is 406 g/mol. The number of aromatic nitrogens is 3. The number of fused-ring (bicyclic) bond motifs is 1. The van der Waals surface area contributed by atoms with E-state index < -0.39 is 0 Å². The number of nitrogens with two attached hydrogens (primary N) is 1. The minimum atomic E-state index is 0.433. The lowest BCUT2D eigenvalue weighted by Crippen LogP contribution is -2.09. The summed E-state index contributed by atoms with van der Waals surface area (Å²) >= 11 is 11.5. The van der Waals surface area contributed by atoms with Gasteiger partial charge in [0.15, 0.2) is 5.65 Å². The lowest BCUT2D eigenvalue weighted by Gasteiger charge is -2.15. The number of anilines is 1. The third kappa shape index (κ3) is 3.28. The fourth-order valence-electron chi connectivity index (χ4n) is 3.29. The van der Waals surface area contributed by atoms with E-state index in [1.54, 1.807) is 0 Å². The molecule has 0 saturated carbocycles. The zero-order valence-corrected chi connectivity index (χ0v) is 17.2. The largest absolute Gasteiger partial charge is 0.384 e. The Morgan fingerprint density at radius 2 is 1.64 bits per heavy atom. The first-order chi connectivity index (χ1) is 13.5. The van der Waals surface area contributed by atoms with Crippen molar-refractivity contribution >= 4 is 40.7 Å². The number of aryl methyl sites for hydroxylation is 1. The maximum absolute atomic E-state index is 6.50. The van der Waals surface area contributed by atoms with Crippen molar-refractivity contribution in [3.05, 3.63) is 70.0 Å². The van der Waals surface area contributed by atoms with Crippen molar-refractivity contribution in [2.45, 2.75) is 20.4 Å². The molecule has 6 heteroatoms. The van der Waals surface area contributed by atoms with Gasteiger partial charge in [-0.2, -0.15) is 4.98 Å². The van der Waals surface area contributed by atoms with Crippen molar-refractivity contribution < 1.29 is 0 Å². The van der Waals surface area contributed by atoms with Crippen LogP contribution in [0.25, 0.3) is 33.4 Å². The van der Waals surface area contributed by atoms with Crippen LogP contribution in [0.2, 0.25) is 5.02 Å². The van der Waals surface area contributed by atoms with E-state index in [1.807, 2.05) is 35.8 Å². The second kappa shape index (κ2) is 7.34. The van der Waals surface area contributed by atoms with Crippen molar-refractivity contribution in [2.75, 3.05) is 5.73 Å². The Morgan fingerprint density at radius 3 is 2.29 bits per heavy atom. The molecular weight excluding hydrogens is 388 g/mol. The van der Waals surface area contributed by atoms with Crippen LogP contribution in [0.1, 0.15) is 12.5 Å². The molecule has 0 bridgehead atoms. The summed E-state index contributed by atoms with van der Waals surface area (Å²) in [5.74, 6) is 0.574. The van der Waals surface area contributed by atoms with Crippen molar-refractivity contribution in [3.8, 4) is 22.4 Å². The first-order valence-electron chi connectivity index (χ1n) is 9.02. The van der Waals surface area contributed by atoms with Gasteiger partial charge in [0.1, 0.15) is 5.82 Å². The number of hydrogen-bond acceptors (Lipinski definition) is 4. The van der Waals surface area contributed by atoms with Crippen molar-refractivity contribution in [3.63, 3.8) is 0 Å². The van der Waals surface area contributed by atoms with Crippen LogP contribution < -0.4 is 5.73 Å². The van der Waals surface area contributed by atoms with Crippen LogP contribution in [0.15, 0.2) is 54.6 Å². The standard InChI is InChI=1S/C22H19ClN4S/c1-3-27-20(24)19-17(14-8-10-16(23)11-9-14)12-18(25-21(19)26-22(27)28)15-6-4-13(2)5-7-15/h4-12H,3,24H2,1-2H3. The minimum absolute atomic E-state index is 0.433. The van der Waals surface area contributed by atoms with Crippen molar-refractivity contribution in [1.29, 1.82) is 0 Å². The second-order valence-corrected chi connectivity index (χ2v) is 7.45. The number of rotatable bonds is 3. The van der Waals surface area contributed by atoms with E-state index in [4.69, 9.17) is 34.5 Å². The van der Waals surface area contributed by atoms with Gasteiger partial charge >= 0.3 is 0 Å². The van der Waals surface area contributed by atoms with E-state index in [0.29, 0.717) is 27.8 Å². The first-order valence-corrected chi connectivity index (χ1v) is 9.80. The number of hydrogen-bond donors (Lipinski definition) is 1. The lowest BCUT2D eigenvalue weighted by atomic mass is 9.99. The Bertz CT molecular complexity index is 1230. The zero-order valence-electron chi connectivity index (χ0n) is 15.6. The Morgan fingerprint density at radius 1 is 1.00 bits per heavy atom. The second-order valence-electron chi connectivity index (χ2n) is 6.65. The van der Waals surface area contributed by atoms with Gasteiger partial charge in [0.05, 0.1) is 11.1 Å². The Hall–Kier alpha value is -2.76. The average molecular weight is 407 g/mol. The fourth-order valence-corrected chi connectivity index (χ4v) is 3.73. The van der Waals surface area contributed by atoms with Gasteiger partial charge in [-0.3, -0.25) is 0 Å². The molecule has 0 atom stereocenters. The van der Waals surface area contributed by atoms with E-state index >= 15 is 0 Å².